The average Bonchev–Trinajstić information content (AvgIpc) is 3.09. The maximum absolute atomic E-state index is 12.3. The van der Waals surface area contributed by atoms with Crippen molar-refractivity contribution < 1.29 is 4.79 Å². The van der Waals surface area contributed by atoms with Crippen LogP contribution >= 0.6 is 0 Å². The van der Waals surface area contributed by atoms with E-state index in [1.165, 1.54) is 12.4 Å². The molecular formula is C18H21N5O3. The van der Waals surface area contributed by atoms with Crippen molar-refractivity contribution in [1.29, 1.82) is 0 Å². The van der Waals surface area contributed by atoms with Crippen LogP contribution in [0.2, 0.25) is 0 Å². The van der Waals surface area contributed by atoms with Gasteiger partial charge in [0.05, 0.1) is 11.7 Å². The fourth-order valence-electron chi connectivity index (χ4n) is 3.91. The van der Waals surface area contributed by atoms with Gasteiger partial charge in [-0.25, -0.2) is 9.67 Å². The van der Waals surface area contributed by atoms with Crippen LogP contribution < -0.4 is 16.4 Å². The fourth-order valence-corrected chi connectivity index (χ4v) is 3.91. The smallest absolute Gasteiger partial charge is 0.279 e. The number of rotatable bonds is 3. The van der Waals surface area contributed by atoms with Crippen molar-refractivity contribution in [2.45, 2.75) is 57.0 Å². The second-order valence-electron chi connectivity index (χ2n) is 7.00. The Labute approximate surface area is 149 Å². The number of nitrogens with zero attached hydrogens (tertiary/aromatic N) is 3. The highest BCUT2D eigenvalue weighted by Crippen LogP contribution is 2.28. The van der Waals surface area contributed by atoms with Crippen LogP contribution in [-0.4, -0.2) is 31.7 Å². The summed E-state index contributed by atoms with van der Waals surface area (Å²) in [5.41, 5.74) is 1.50. The zero-order chi connectivity index (χ0) is 18.1. The van der Waals surface area contributed by atoms with E-state index in [9.17, 15) is 14.4 Å². The molecule has 2 heterocycles. The van der Waals surface area contributed by atoms with E-state index in [-0.39, 0.29) is 23.3 Å². The summed E-state index contributed by atoms with van der Waals surface area (Å²) in [5.74, 6) is -0.455. The summed E-state index contributed by atoms with van der Waals surface area (Å²) in [6.45, 7) is 0. The van der Waals surface area contributed by atoms with Crippen LogP contribution in [0.5, 0.6) is 0 Å². The molecule has 0 aromatic carbocycles. The predicted octanol–water partition coefficient (Wildman–Crippen LogP) is 0.729. The number of aromatic amines is 1. The highest BCUT2D eigenvalue weighted by molar-refractivity contribution is 5.92. The third-order valence-electron chi connectivity index (χ3n) is 5.28. The molecule has 2 aliphatic carbocycles. The Morgan fingerprint density at radius 3 is 2.77 bits per heavy atom. The zero-order valence-corrected chi connectivity index (χ0v) is 14.4. The minimum absolute atomic E-state index is 0.0229. The van der Waals surface area contributed by atoms with Crippen LogP contribution in [-0.2, 0) is 12.8 Å². The van der Waals surface area contributed by atoms with Crippen LogP contribution in [0.4, 0.5) is 0 Å². The summed E-state index contributed by atoms with van der Waals surface area (Å²) in [4.78, 5) is 42.5. The standard InChI is InChI=1S/C18H21N5O3/c24-15-10-11-2-1-3-14(11)22-23(15)13-6-4-12(5-7-13)21-18(26)16-17(25)20-9-8-19-16/h8-10,12-13H,1-7H2,(H,20,25)(H,21,26). The van der Waals surface area contributed by atoms with Gasteiger partial charge in [-0.15, -0.1) is 0 Å². The first kappa shape index (κ1) is 16.7. The van der Waals surface area contributed by atoms with Gasteiger partial charge < -0.3 is 10.3 Å². The number of carbonyl (C=O) groups is 1. The lowest BCUT2D eigenvalue weighted by molar-refractivity contribution is 0.0914. The van der Waals surface area contributed by atoms with Crippen molar-refractivity contribution in [2.75, 3.05) is 0 Å². The van der Waals surface area contributed by atoms with Gasteiger partial charge in [0.1, 0.15) is 0 Å². The maximum atomic E-state index is 12.3. The van der Waals surface area contributed by atoms with Gasteiger partial charge in [0, 0.05) is 24.5 Å². The van der Waals surface area contributed by atoms with Crippen molar-refractivity contribution in [1.82, 2.24) is 25.1 Å². The maximum Gasteiger partial charge on any atom is 0.279 e. The SMILES string of the molecule is O=C(NC1CCC(n2nc3c(cc2=O)CCC3)CC1)c1ncc[nH]c1=O. The van der Waals surface area contributed by atoms with E-state index in [4.69, 9.17) is 0 Å². The molecule has 0 bridgehead atoms. The van der Waals surface area contributed by atoms with Crippen LogP contribution in [0.15, 0.2) is 28.0 Å². The average molecular weight is 355 g/mol. The number of fused-ring (bicyclic) bond motifs is 1. The molecule has 4 rings (SSSR count). The van der Waals surface area contributed by atoms with Crippen molar-refractivity contribution in [3.05, 3.63) is 56.1 Å². The topological polar surface area (TPSA) is 110 Å². The van der Waals surface area contributed by atoms with Crippen molar-refractivity contribution >= 4 is 5.91 Å². The van der Waals surface area contributed by atoms with Gasteiger partial charge in [-0.3, -0.25) is 14.4 Å². The Morgan fingerprint density at radius 1 is 1.19 bits per heavy atom. The summed E-state index contributed by atoms with van der Waals surface area (Å²) in [7, 11) is 0. The van der Waals surface area contributed by atoms with E-state index >= 15 is 0 Å². The molecule has 0 spiro atoms. The second-order valence-corrected chi connectivity index (χ2v) is 7.00. The normalized spacial score (nSPS) is 22.0. The van der Waals surface area contributed by atoms with Gasteiger partial charge in [0.15, 0.2) is 5.69 Å². The predicted molar refractivity (Wildman–Crippen MR) is 94.1 cm³/mol. The Balaban J connectivity index is 1.40. The van der Waals surface area contributed by atoms with Crippen molar-refractivity contribution in [2.24, 2.45) is 0 Å². The van der Waals surface area contributed by atoms with Gasteiger partial charge in [0.2, 0.25) is 0 Å². The number of carbonyl (C=O) groups excluding carboxylic acids is 1. The summed E-state index contributed by atoms with van der Waals surface area (Å²) in [5, 5.41) is 7.46. The molecule has 2 aromatic heterocycles. The first-order valence-corrected chi connectivity index (χ1v) is 9.08. The Morgan fingerprint density at radius 2 is 2.00 bits per heavy atom. The Hall–Kier alpha value is -2.77. The lowest BCUT2D eigenvalue weighted by Gasteiger charge is -2.29. The molecule has 0 aliphatic heterocycles. The highest BCUT2D eigenvalue weighted by Gasteiger charge is 2.27. The Kier molecular flexibility index (Phi) is 4.40. The van der Waals surface area contributed by atoms with Gasteiger partial charge in [-0.2, -0.15) is 5.10 Å². The van der Waals surface area contributed by atoms with E-state index in [0.717, 1.165) is 56.2 Å². The minimum atomic E-state index is -0.493. The molecule has 0 atom stereocenters. The quantitative estimate of drug-likeness (QED) is 0.843. The summed E-state index contributed by atoms with van der Waals surface area (Å²) < 4.78 is 1.63. The molecule has 2 aromatic rings. The van der Waals surface area contributed by atoms with E-state index in [2.05, 4.69) is 20.4 Å². The molecule has 0 radical (unpaired) electrons. The second kappa shape index (κ2) is 6.86. The molecule has 26 heavy (non-hydrogen) atoms. The van der Waals surface area contributed by atoms with Crippen LogP contribution in [0.25, 0.3) is 0 Å². The van der Waals surface area contributed by atoms with Gasteiger partial charge in [-0.1, -0.05) is 0 Å². The number of H-pyrrole nitrogens is 1. The van der Waals surface area contributed by atoms with Gasteiger partial charge in [-0.05, 0) is 50.5 Å². The number of aromatic nitrogens is 4. The van der Waals surface area contributed by atoms with Crippen LogP contribution in [0.1, 0.15) is 59.9 Å². The van der Waals surface area contributed by atoms with E-state index in [1.807, 2.05) is 0 Å². The molecule has 2 aliphatic rings. The monoisotopic (exact) mass is 355 g/mol. The molecule has 8 nitrogen and oxygen atoms in total. The first-order valence-electron chi connectivity index (χ1n) is 9.08. The van der Waals surface area contributed by atoms with E-state index < -0.39 is 11.5 Å². The molecule has 1 amide bonds. The molecule has 1 fully saturated rings. The number of hydrogen-bond acceptors (Lipinski definition) is 5. The van der Waals surface area contributed by atoms with Crippen LogP contribution in [0.3, 0.4) is 0 Å². The zero-order valence-electron chi connectivity index (χ0n) is 14.4. The lowest BCUT2D eigenvalue weighted by Crippen LogP contribution is -2.41. The van der Waals surface area contributed by atoms with Gasteiger partial charge in [0.25, 0.3) is 17.0 Å². The molecule has 1 saturated carbocycles. The first-order chi connectivity index (χ1) is 12.6. The van der Waals surface area contributed by atoms with Crippen LogP contribution in [0, 0.1) is 0 Å². The fraction of sp³-hybridized carbons (Fsp3) is 0.500. The summed E-state index contributed by atoms with van der Waals surface area (Å²) in [6.07, 6.45) is 8.77. The molecule has 0 saturated heterocycles. The molecular weight excluding hydrogens is 334 g/mol. The number of hydrogen-bond donors (Lipinski definition) is 2. The highest BCUT2D eigenvalue weighted by atomic mass is 16.2. The molecule has 8 heteroatoms. The third kappa shape index (κ3) is 3.18. The summed E-state index contributed by atoms with van der Waals surface area (Å²) in [6, 6.07) is 1.78. The lowest BCUT2D eigenvalue weighted by atomic mass is 9.91. The molecule has 2 N–H and O–H groups in total. The number of amides is 1. The van der Waals surface area contributed by atoms with E-state index in [1.54, 1.807) is 10.7 Å². The van der Waals surface area contributed by atoms with E-state index in [0.29, 0.717) is 0 Å². The number of nitrogens with one attached hydrogen (secondary N) is 2. The number of aryl methyl sites for hydroxylation is 2. The largest absolute Gasteiger partial charge is 0.348 e. The molecule has 0 unspecified atom stereocenters. The molecule has 136 valence electrons. The Bertz CT molecular complexity index is 940. The van der Waals surface area contributed by atoms with Crippen molar-refractivity contribution in [3.8, 4) is 0 Å². The van der Waals surface area contributed by atoms with Crippen molar-refractivity contribution in [3.63, 3.8) is 0 Å². The minimum Gasteiger partial charge on any atom is -0.348 e. The van der Waals surface area contributed by atoms with Gasteiger partial charge >= 0.3 is 0 Å². The third-order valence-corrected chi connectivity index (χ3v) is 5.28. The summed E-state index contributed by atoms with van der Waals surface area (Å²) >= 11 is 0.